The summed E-state index contributed by atoms with van der Waals surface area (Å²) in [5, 5.41) is 33.8. The number of amides is 4. The Morgan fingerprint density at radius 3 is 2.31 bits per heavy atom. The number of aryl methyl sites for hydroxylation is 1. The number of rotatable bonds is 17. The zero-order valence-electron chi connectivity index (χ0n) is 40.7. The third-order valence-electron chi connectivity index (χ3n) is 12.6. The number of benzene rings is 2. The van der Waals surface area contributed by atoms with Gasteiger partial charge in [0.1, 0.15) is 30.6 Å². The van der Waals surface area contributed by atoms with Crippen LogP contribution in [0.3, 0.4) is 0 Å². The summed E-state index contributed by atoms with van der Waals surface area (Å²) in [6.07, 6.45) is 2.34. The van der Waals surface area contributed by atoms with E-state index in [9.17, 15) is 24.3 Å². The van der Waals surface area contributed by atoms with Crippen LogP contribution in [-0.2, 0) is 25.7 Å². The lowest BCUT2D eigenvalue weighted by Crippen LogP contribution is -2.58. The van der Waals surface area contributed by atoms with Gasteiger partial charge in [-0.2, -0.15) is 10.4 Å². The number of β-amino-alcohol motifs (C(OH)–C–C–N with tert-alkyl or cyclic N) is 1. The Kier molecular flexibility index (Phi) is 16.7. The minimum atomic E-state index is -0.973. The molecule has 19 heteroatoms. The molecule has 2 aliphatic heterocycles. The van der Waals surface area contributed by atoms with E-state index in [2.05, 4.69) is 46.9 Å². The summed E-state index contributed by atoms with van der Waals surface area (Å²) in [4.78, 5) is 70.2. The molecule has 6 atom stereocenters. The van der Waals surface area contributed by atoms with Gasteiger partial charge in [-0.3, -0.25) is 28.8 Å². The number of halogens is 1. The molecule has 2 aliphatic rings. The second kappa shape index (κ2) is 22.7. The lowest BCUT2D eigenvalue weighted by molar-refractivity contribution is -0.145. The molecule has 2 fully saturated rings. The number of ether oxygens (including phenoxy) is 1. The molecule has 5 heterocycles. The van der Waals surface area contributed by atoms with E-state index in [1.807, 2.05) is 96.6 Å². The van der Waals surface area contributed by atoms with Gasteiger partial charge in [-0.1, -0.05) is 62.7 Å². The maximum Gasteiger partial charge on any atom is 0.253 e. The van der Waals surface area contributed by atoms with Crippen LogP contribution in [-0.4, -0.2) is 134 Å². The van der Waals surface area contributed by atoms with Crippen molar-refractivity contribution in [2.75, 3.05) is 50.8 Å². The number of aliphatic hydroxyl groups excluding tert-OH is 1. The van der Waals surface area contributed by atoms with Gasteiger partial charge in [-0.05, 0) is 74.6 Å². The number of carbonyl (C=O) groups is 4. The number of thiazole rings is 1. The van der Waals surface area contributed by atoms with E-state index in [0.717, 1.165) is 46.2 Å². The van der Waals surface area contributed by atoms with Crippen molar-refractivity contribution in [3.8, 4) is 27.8 Å². The van der Waals surface area contributed by atoms with E-state index in [-0.39, 0.29) is 49.6 Å². The second-order valence-electron chi connectivity index (χ2n) is 19.3. The fraction of sp³-hybridized carbons (Fsp3) is 0.451. The zero-order chi connectivity index (χ0) is 50.3. The number of hydrogen-bond acceptors (Lipinski definition) is 13. The number of anilines is 1. The monoisotopic (exact) mass is 991 g/mol. The molecule has 2 aromatic carbocycles. The molecule has 3 aromatic heterocycles. The number of nitrogens with zero attached hydrogens (tertiary/aromatic N) is 8. The van der Waals surface area contributed by atoms with Crippen LogP contribution in [0.5, 0.6) is 0 Å². The van der Waals surface area contributed by atoms with Crippen molar-refractivity contribution >= 4 is 52.4 Å². The first-order valence-electron chi connectivity index (χ1n) is 23.5. The standard InChI is InChI=1S/C51H62ClN11O6S/c1-31(26-62-17-16-42(59-62)37-12-13-38(24-53)41(52)22-37)56-48(66)39-14-15-44(54-25-39)61-20-18-60(19-21-61)27-32(2)69-29-45(65)58-47(51(5,6)7)50(68)63-28-40(64)23-43(63)49(67)57-33(3)35-8-10-36(11-9-35)46-34(4)55-30-70-46/h8-17,22,25,30-33,40,43,47,64H,18-21,23,26-29H2,1-7H3,(H,56,66)(H,57,67)(H,58,65)/t31?,32?,33-,40+,43?,47+/m0/s1. The molecule has 5 aromatic rings. The zero-order valence-corrected chi connectivity index (χ0v) is 42.3. The summed E-state index contributed by atoms with van der Waals surface area (Å²) < 4.78 is 7.74. The molecule has 4 amide bonds. The fourth-order valence-corrected chi connectivity index (χ4v) is 9.77. The number of aromatic nitrogens is 4. The predicted octanol–water partition coefficient (Wildman–Crippen LogP) is 5.62. The van der Waals surface area contributed by atoms with Crippen LogP contribution in [0.15, 0.2) is 78.6 Å². The van der Waals surface area contributed by atoms with Crippen molar-refractivity contribution in [2.24, 2.45) is 5.41 Å². The number of pyridine rings is 1. The Hall–Kier alpha value is -6.23. The highest BCUT2D eigenvalue weighted by atomic mass is 35.5. The SMILES string of the molecule is Cc1ncsc1-c1ccc([C@H](C)NC(=O)C2C[C@@H](O)CN2C(=O)[C@@H](NC(=O)COC(C)CN2CCN(c3ccc(C(=O)NC(C)Cn4ccc(-c5ccc(C#N)c(Cl)c5)n4)cn3)CC2)C(C)(C)C)cc1. The molecule has 7 rings (SSSR count). The molecular formula is C51H62ClN11O6S. The van der Waals surface area contributed by atoms with Gasteiger partial charge in [0.2, 0.25) is 17.7 Å². The molecule has 0 saturated carbocycles. The number of nitrogens with one attached hydrogen (secondary N) is 3. The fourth-order valence-electron chi connectivity index (χ4n) is 8.74. The first-order valence-corrected chi connectivity index (χ1v) is 24.8. The predicted molar refractivity (Wildman–Crippen MR) is 269 cm³/mol. The van der Waals surface area contributed by atoms with Crippen LogP contribution in [0.4, 0.5) is 5.82 Å². The average Bonchev–Trinajstić information content (AvgIpc) is 4.09. The Bertz CT molecular complexity index is 2670. The Morgan fingerprint density at radius 2 is 1.67 bits per heavy atom. The highest BCUT2D eigenvalue weighted by molar-refractivity contribution is 7.13. The van der Waals surface area contributed by atoms with Crippen molar-refractivity contribution in [1.82, 2.24) is 45.5 Å². The van der Waals surface area contributed by atoms with Gasteiger partial charge in [-0.15, -0.1) is 11.3 Å². The van der Waals surface area contributed by atoms with E-state index in [1.165, 1.54) is 4.90 Å². The van der Waals surface area contributed by atoms with Crippen LogP contribution in [0.25, 0.3) is 21.7 Å². The quantitative estimate of drug-likeness (QED) is 0.0895. The average molecular weight is 993 g/mol. The smallest absolute Gasteiger partial charge is 0.253 e. The Balaban J connectivity index is 0.831. The molecule has 0 radical (unpaired) electrons. The lowest BCUT2D eigenvalue weighted by Gasteiger charge is -2.36. The van der Waals surface area contributed by atoms with Gasteiger partial charge < -0.3 is 35.6 Å². The molecular weight excluding hydrogens is 930 g/mol. The van der Waals surface area contributed by atoms with E-state index >= 15 is 0 Å². The number of hydrogen-bond donors (Lipinski definition) is 4. The molecule has 0 bridgehead atoms. The molecule has 0 spiro atoms. The van der Waals surface area contributed by atoms with Crippen LogP contribution in [0.2, 0.25) is 5.02 Å². The second-order valence-corrected chi connectivity index (χ2v) is 20.6. The van der Waals surface area contributed by atoms with E-state index in [0.29, 0.717) is 48.0 Å². The number of carbonyl (C=O) groups excluding carboxylic acids is 4. The van der Waals surface area contributed by atoms with E-state index < -0.39 is 35.4 Å². The van der Waals surface area contributed by atoms with Gasteiger partial charge in [0.05, 0.1) is 62.7 Å². The summed E-state index contributed by atoms with van der Waals surface area (Å²) in [6.45, 7) is 16.9. The largest absolute Gasteiger partial charge is 0.391 e. The molecule has 370 valence electrons. The number of aliphatic hydroxyl groups is 1. The normalized spacial score (nSPS) is 18.1. The molecule has 4 N–H and O–H groups in total. The van der Waals surface area contributed by atoms with Gasteiger partial charge in [0.15, 0.2) is 0 Å². The lowest BCUT2D eigenvalue weighted by atomic mass is 9.85. The first-order chi connectivity index (χ1) is 33.4. The van der Waals surface area contributed by atoms with Crippen molar-refractivity contribution in [1.29, 1.82) is 5.26 Å². The van der Waals surface area contributed by atoms with Crippen molar-refractivity contribution in [2.45, 2.75) is 97.8 Å². The maximum absolute atomic E-state index is 14.2. The highest BCUT2D eigenvalue weighted by Crippen LogP contribution is 2.30. The molecule has 3 unspecified atom stereocenters. The van der Waals surface area contributed by atoms with Crippen molar-refractivity contribution in [3.63, 3.8) is 0 Å². The summed E-state index contributed by atoms with van der Waals surface area (Å²) in [6, 6.07) is 18.2. The third kappa shape index (κ3) is 12.9. The number of nitriles is 1. The van der Waals surface area contributed by atoms with Gasteiger partial charge in [0.25, 0.3) is 5.91 Å². The summed E-state index contributed by atoms with van der Waals surface area (Å²) in [5.74, 6) is -0.726. The van der Waals surface area contributed by atoms with Gasteiger partial charge in [-0.25, -0.2) is 9.97 Å². The number of likely N-dealkylation sites (tertiary alicyclic amines) is 1. The van der Waals surface area contributed by atoms with E-state index in [4.69, 9.17) is 21.6 Å². The summed E-state index contributed by atoms with van der Waals surface area (Å²) >= 11 is 7.78. The summed E-state index contributed by atoms with van der Waals surface area (Å²) in [5.41, 5.74) is 6.36. The minimum absolute atomic E-state index is 0.0217. The maximum atomic E-state index is 14.2. The molecule has 17 nitrogen and oxygen atoms in total. The van der Waals surface area contributed by atoms with Crippen LogP contribution < -0.4 is 20.9 Å². The van der Waals surface area contributed by atoms with Crippen LogP contribution in [0.1, 0.15) is 81.2 Å². The summed E-state index contributed by atoms with van der Waals surface area (Å²) in [7, 11) is 0. The van der Waals surface area contributed by atoms with Crippen molar-refractivity contribution in [3.05, 3.63) is 106 Å². The number of piperazine rings is 1. The van der Waals surface area contributed by atoms with E-state index in [1.54, 1.807) is 46.5 Å². The topological polar surface area (TPSA) is 211 Å². The molecule has 2 saturated heterocycles. The first kappa shape index (κ1) is 51.6. The van der Waals surface area contributed by atoms with Gasteiger partial charge >= 0.3 is 0 Å². The van der Waals surface area contributed by atoms with Crippen LogP contribution in [0, 0.1) is 23.7 Å². The van der Waals surface area contributed by atoms with Crippen LogP contribution >= 0.6 is 22.9 Å². The molecule has 0 aliphatic carbocycles. The molecule has 70 heavy (non-hydrogen) atoms. The van der Waals surface area contributed by atoms with Crippen molar-refractivity contribution < 1.29 is 29.0 Å². The Labute approximate surface area is 418 Å². The Morgan fingerprint density at radius 1 is 0.943 bits per heavy atom. The van der Waals surface area contributed by atoms with Gasteiger partial charge in [0, 0.05) is 69.7 Å². The highest BCUT2D eigenvalue weighted by Gasteiger charge is 2.45. The minimum Gasteiger partial charge on any atom is -0.391 e. The third-order valence-corrected chi connectivity index (χ3v) is 13.9.